The molecule has 0 bridgehead atoms. The number of anilines is 1. The van der Waals surface area contributed by atoms with Gasteiger partial charge in [-0.25, -0.2) is 42.5 Å². The fourth-order valence-corrected chi connectivity index (χ4v) is 2.37. The van der Waals surface area contributed by atoms with Gasteiger partial charge in [-0.1, -0.05) is 0 Å². The van der Waals surface area contributed by atoms with Gasteiger partial charge in [-0.05, 0) is 0 Å². The summed E-state index contributed by atoms with van der Waals surface area (Å²) in [5, 5.41) is 4.73. The van der Waals surface area contributed by atoms with Crippen LogP contribution >= 0.6 is 0 Å². The van der Waals surface area contributed by atoms with Crippen LogP contribution in [0.25, 0.3) is 0 Å². The van der Waals surface area contributed by atoms with Crippen molar-refractivity contribution >= 4 is 26.0 Å². The van der Waals surface area contributed by atoms with Crippen LogP contribution in [0.1, 0.15) is 0 Å². The van der Waals surface area contributed by atoms with Gasteiger partial charge >= 0.3 is 0 Å². The van der Waals surface area contributed by atoms with E-state index in [4.69, 9.17) is 11.0 Å². The van der Waals surface area contributed by atoms with Crippen molar-refractivity contribution in [2.45, 2.75) is 4.90 Å². The van der Waals surface area contributed by atoms with E-state index in [1.165, 1.54) is 0 Å². The smallest absolute Gasteiger partial charge is 0.243 e. The molecule has 0 amide bonds. The van der Waals surface area contributed by atoms with Crippen molar-refractivity contribution in [1.29, 1.82) is 0 Å². The first-order valence-corrected chi connectivity index (χ1v) is 7.73. The zero-order valence-corrected chi connectivity index (χ0v) is 10.7. The van der Waals surface area contributed by atoms with Gasteiger partial charge in [0.05, 0.1) is 18.1 Å². The van der Waals surface area contributed by atoms with Gasteiger partial charge in [0, 0.05) is 6.54 Å². The van der Waals surface area contributed by atoms with E-state index in [9.17, 15) is 16.8 Å². The number of nitrogens with one attached hydrogen (secondary N) is 2. The van der Waals surface area contributed by atoms with Gasteiger partial charge < -0.3 is 0 Å². The Balaban J connectivity index is 2.74. The highest BCUT2D eigenvalue weighted by atomic mass is 32.2. The second-order valence-corrected chi connectivity index (χ2v) is 6.65. The lowest BCUT2D eigenvalue weighted by Crippen LogP contribution is -2.31. The van der Waals surface area contributed by atoms with E-state index in [-0.39, 0.29) is 17.4 Å². The molecular weight excluding hydrogens is 284 g/mol. The predicted molar refractivity (Wildman–Crippen MR) is 63.0 cm³/mol. The Hall–Kier alpha value is -1.34. The van der Waals surface area contributed by atoms with Crippen LogP contribution in [0.3, 0.4) is 0 Å². The van der Waals surface area contributed by atoms with E-state index < -0.39 is 25.8 Å². The minimum Gasteiger partial charge on any atom is -0.292 e. The summed E-state index contributed by atoms with van der Waals surface area (Å²) in [6.07, 6.45) is 2.06. The first kappa shape index (κ1) is 14.7. The van der Waals surface area contributed by atoms with E-state index >= 15 is 0 Å². The van der Waals surface area contributed by atoms with Crippen molar-refractivity contribution in [2.24, 2.45) is 11.0 Å². The normalized spacial score (nSPS) is 12.3. The number of rotatable bonds is 6. The number of hydrogen-bond acceptors (Lipinski definition) is 8. The van der Waals surface area contributed by atoms with Crippen molar-refractivity contribution in [3.63, 3.8) is 0 Å². The van der Waals surface area contributed by atoms with Crippen molar-refractivity contribution < 1.29 is 16.8 Å². The summed E-state index contributed by atoms with van der Waals surface area (Å²) in [6.45, 7) is -0.335. The van der Waals surface area contributed by atoms with E-state index in [1.54, 1.807) is 0 Å². The van der Waals surface area contributed by atoms with Crippen LogP contribution in [0.5, 0.6) is 0 Å². The van der Waals surface area contributed by atoms with Gasteiger partial charge in [-0.2, -0.15) is 0 Å². The third-order valence-electron chi connectivity index (χ3n) is 1.75. The molecule has 0 unspecified atom stereocenters. The summed E-state index contributed by atoms with van der Waals surface area (Å²) in [7, 11) is -7.60. The van der Waals surface area contributed by atoms with Gasteiger partial charge in [0.25, 0.3) is 0 Å². The summed E-state index contributed by atoms with van der Waals surface area (Å²) in [5.74, 6) is 4.57. The molecule has 1 aromatic rings. The van der Waals surface area contributed by atoms with E-state index in [1.807, 2.05) is 0 Å². The lowest BCUT2D eigenvalue weighted by molar-refractivity contribution is 0.580. The average Bonchev–Trinajstić information content (AvgIpc) is 2.27. The zero-order chi connectivity index (χ0) is 13.8. The summed E-state index contributed by atoms with van der Waals surface area (Å²) in [6, 6.07) is 0. The molecule has 6 N–H and O–H groups in total. The molecule has 0 fully saturated rings. The summed E-state index contributed by atoms with van der Waals surface area (Å²) in [4.78, 5) is 7.01. The Kier molecular flexibility index (Phi) is 4.53. The van der Waals surface area contributed by atoms with Gasteiger partial charge in [0.1, 0.15) is 4.90 Å². The Morgan fingerprint density at radius 2 is 1.72 bits per heavy atom. The zero-order valence-electron chi connectivity index (χ0n) is 9.07. The molecule has 0 spiro atoms. The largest absolute Gasteiger partial charge is 0.292 e. The van der Waals surface area contributed by atoms with Crippen molar-refractivity contribution in [2.75, 3.05) is 17.7 Å². The maximum Gasteiger partial charge on any atom is 0.243 e. The van der Waals surface area contributed by atoms with Gasteiger partial charge in [0.2, 0.25) is 26.0 Å². The molecule has 0 aromatic carbocycles. The number of hydrazine groups is 1. The van der Waals surface area contributed by atoms with Crippen LogP contribution in [-0.2, 0) is 20.0 Å². The molecule has 102 valence electrons. The molecular formula is C6H12N6O4S2. The molecule has 0 aliphatic heterocycles. The van der Waals surface area contributed by atoms with Crippen LogP contribution in [0.2, 0.25) is 0 Å². The minimum atomic E-state index is -3.87. The monoisotopic (exact) mass is 296 g/mol. The molecule has 10 nitrogen and oxygen atoms in total. The lowest BCUT2D eigenvalue weighted by Gasteiger charge is -2.05. The number of nitrogen functional groups attached to an aromatic ring is 1. The molecule has 0 aliphatic carbocycles. The molecule has 1 rings (SSSR count). The topological polar surface area (TPSA) is 170 Å². The Bertz CT molecular complexity index is 595. The third kappa shape index (κ3) is 4.50. The maximum absolute atomic E-state index is 11.6. The van der Waals surface area contributed by atoms with Crippen molar-refractivity contribution in [3.05, 3.63) is 12.4 Å². The predicted octanol–water partition coefficient (Wildman–Crippen LogP) is -2.67. The minimum absolute atomic E-state index is 0.0542. The van der Waals surface area contributed by atoms with E-state index in [0.29, 0.717) is 0 Å². The van der Waals surface area contributed by atoms with Crippen molar-refractivity contribution in [3.8, 4) is 0 Å². The highest BCUT2D eigenvalue weighted by Gasteiger charge is 2.15. The van der Waals surface area contributed by atoms with Gasteiger partial charge in [0.15, 0.2) is 0 Å². The standard InChI is InChI=1S/C6H12N6O4S2/c7-12-6-9-3-5(4-10-6)18(15,16)11-1-2-17(8,13)14/h3-4,11H,1-2,7H2,(H2,8,13,14)(H,9,10,12). The van der Waals surface area contributed by atoms with Gasteiger partial charge in [-0.3, -0.25) is 5.43 Å². The molecule has 0 saturated heterocycles. The molecule has 12 heteroatoms. The van der Waals surface area contributed by atoms with Crippen LogP contribution in [0.4, 0.5) is 5.95 Å². The summed E-state index contributed by atoms with van der Waals surface area (Å²) in [5.41, 5.74) is 2.14. The Morgan fingerprint density at radius 1 is 1.17 bits per heavy atom. The van der Waals surface area contributed by atoms with Crippen molar-refractivity contribution in [1.82, 2.24) is 14.7 Å². The van der Waals surface area contributed by atoms with E-state index in [0.717, 1.165) is 12.4 Å². The number of hydrogen-bond donors (Lipinski definition) is 4. The molecule has 1 aromatic heterocycles. The second kappa shape index (κ2) is 5.53. The number of nitrogens with two attached hydrogens (primary N) is 2. The molecule has 0 atom stereocenters. The Labute approximate surface area is 104 Å². The number of aromatic nitrogens is 2. The van der Waals surface area contributed by atoms with Crippen LogP contribution < -0.4 is 21.1 Å². The Morgan fingerprint density at radius 3 is 2.17 bits per heavy atom. The molecule has 1 heterocycles. The highest BCUT2D eigenvalue weighted by Crippen LogP contribution is 2.06. The molecule has 0 aliphatic rings. The summed E-state index contributed by atoms with van der Waals surface area (Å²) >= 11 is 0. The first-order chi connectivity index (χ1) is 8.24. The van der Waals surface area contributed by atoms with Crippen LogP contribution in [-0.4, -0.2) is 39.1 Å². The number of sulfonamides is 2. The number of nitrogens with zero attached hydrogens (tertiary/aromatic N) is 2. The second-order valence-electron chi connectivity index (χ2n) is 3.15. The fraction of sp³-hybridized carbons (Fsp3) is 0.333. The molecule has 0 saturated carbocycles. The quantitative estimate of drug-likeness (QED) is 0.325. The summed E-state index contributed by atoms with van der Waals surface area (Å²) < 4.78 is 46.6. The maximum atomic E-state index is 11.6. The van der Waals surface area contributed by atoms with E-state index in [2.05, 4.69) is 20.1 Å². The lowest BCUT2D eigenvalue weighted by atomic mass is 10.7. The average molecular weight is 296 g/mol. The van der Waals surface area contributed by atoms with Crippen LogP contribution in [0, 0.1) is 0 Å². The third-order valence-corrected chi connectivity index (χ3v) is 3.93. The molecule has 0 radical (unpaired) electrons. The highest BCUT2D eigenvalue weighted by molar-refractivity contribution is 7.90. The molecule has 18 heavy (non-hydrogen) atoms. The van der Waals surface area contributed by atoms with Gasteiger partial charge in [-0.15, -0.1) is 0 Å². The first-order valence-electron chi connectivity index (χ1n) is 4.53. The SMILES string of the molecule is NNc1ncc(S(=O)(=O)NCCS(N)(=O)=O)cn1. The fourth-order valence-electron chi connectivity index (χ4n) is 0.931. The number of primary sulfonamides is 1. The van der Waals surface area contributed by atoms with Crippen LogP contribution in [0.15, 0.2) is 17.3 Å².